The Kier molecular flexibility index (Phi) is 12.5. The number of ketones is 1. The van der Waals surface area contributed by atoms with Crippen LogP contribution in [0.4, 0.5) is 4.79 Å². The lowest BCUT2D eigenvalue weighted by Gasteiger charge is -2.36. The van der Waals surface area contributed by atoms with Crippen molar-refractivity contribution >= 4 is 41.5 Å². The number of hydrogen-bond acceptors (Lipinski definition) is 7. The smallest absolute Gasteiger partial charge is 0.315 e. The summed E-state index contributed by atoms with van der Waals surface area (Å²) in [5.41, 5.74) is 4.61. The van der Waals surface area contributed by atoms with Gasteiger partial charge in [0.25, 0.3) is 5.91 Å². The third-order valence-electron chi connectivity index (χ3n) is 7.99. The first kappa shape index (κ1) is 32.9. The van der Waals surface area contributed by atoms with Crippen molar-refractivity contribution in [2.75, 3.05) is 19.3 Å². The van der Waals surface area contributed by atoms with E-state index in [2.05, 4.69) is 34.5 Å². The molecule has 6 N–H and O–H groups in total. The van der Waals surface area contributed by atoms with E-state index in [1.807, 2.05) is 27.0 Å². The third-order valence-corrected chi connectivity index (χ3v) is 8.45. The highest BCUT2D eigenvalue weighted by atomic mass is 32.2. The van der Waals surface area contributed by atoms with Crippen molar-refractivity contribution in [1.29, 1.82) is 0 Å². The van der Waals surface area contributed by atoms with Gasteiger partial charge in [-0.05, 0) is 42.8 Å². The Bertz CT molecular complexity index is 890. The standard InChI is InChI=1S/C27H48N6O5S/c1-7-16(2)19(15-29-39-6)31-26(38)32-22(27(3,4)5)25(37)33-13-9-12-20(33)24(36)30-18(21(34)23(28)35)14-17-10-8-11-17/h16-20,22,29H,7-15H2,1-6H3,(H2,28,35)(H,30,36)(H2,31,32,38)/t16-,18?,19?,20?,22?/m0/s1. The van der Waals surface area contributed by atoms with Crippen LogP contribution < -0.4 is 26.4 Å². The van der Waals surface area contributed by atoms with E-state index in [1.165, 1.54) is 16.8 Å². The Balaban J connectivity index is 2.14. The highest BCUT2D eigenvalue weighted by Gasteiger charge is 2.43. The van der Waals surface area contributed by atoms with Crippen LogP contribution in [0.2, 0.25) is 0 Å². The second-order valence-corrected chi connectivity index (χ2v) is 12.7. The number of carbonyl (C=O) groups is 5. The molecule has 2 aliphatic rings. The highest BCUT2D eigenvalue weighted by molar-refractivity contribution is 7.96. The Hall–Kier alpha value is -2.34. The van der Waals surface area contributed by atoms with Gasteiger partial charge in [0.1, 0.15) is 12.1 Å². The molecule has 2 rings (SSSR count). The maximum atomic E-state index is 13.8. The van der Waals surface area contributed by atoms with Crippen molar-refractivity contribution in [3.8, 4) is 0 Å². The number of likely N-dealkylation sites (tertiary alicyclic amines) is 1. The van der Waals surface area contributed by atoms with E-state index in [4.69, 9.17) is 5.73 Å². The number of nitrogens with two attached hydrogens (primary N) is 1. The fraction of sp³-hybridized carbons (Fsp3) is 0.815. The maximum Gasteiger partial charge on any atom is 0.315 e. The summed E-state index contributed by atoms with van der Waals surface area (Å²) in [7, 11) is 0. The zero-order chi connectivity index (χ0) is 29.3. The summed E-state index contributed by atoms with van der Waals surface area (Å²) in [6, 6.07) is -3.24. The molecule has 1 aliphatic heterocycles. The lowest BCUT2D eigenvalue weighted by atomic mass is 9.80. The maximum absolute atomic E-state index is 13.8. The topological polar surface area (TPSA) is 163 Å². The largest absolute Gasteiger partial charge is 0.363 e. The number of urea groups is 1. The molecule has 1 aliphatic carbocycles. The second kappa shape index (κ2) is 14.9. The number of nitrogens with one attached hydrogen (secondary N) is 4. The zero-order valence-electron chi connectivity index (χ0n) is 24.3. The lowest BCUT2D eigenvalue weighted by molar-refractivity contribution is -0.143. The molecule has 0 aromatic heterocycles. The molecule has 2 fully saturated rings. The van der Waals surface area contributed by atoms with Gasteiger partial charge in [0, 0.05) is 19.1 Å². The van der Waals surface area contributed by atoms with Crippen LogP contribution in [0.1, 0.15) is 79.6 Å². The average Bonchev–Trinajstić information content (AvgIpc) is 3.34. The number of nitrogens with zero attached hydrogens (tertiary/aromatic N) is 1. The van der Waals surface area contributed by atoms with Crippen molar-refractivity contribution in [2.24, 2.45) is 23.0 Å². The Morgan fingerprint density at radius 1 is 1.03 bits per heavy atom. The van der Waals surface area contributed by atoms with Gasteiger partial charge in [-0.1, -0.05) is 72.2 Å². The number of carbonyl (C=O) groups excluding carboxylic acids is 5. The summed E-state index contributed by atoms with van der Waals surface area (Å²) in [6.45, 7) is 10.7. The van der Waals surface area contributed by atoms with Crippen molar-refractivity contribution in [3.63, 3.8) is 0 Å². The van der Waals surface area contributed by atoms with E-state index in [0.717, 1.165) is 25.7 Å². The number of Topliss-reactive ketones (excluding diaryl/α,β-unsaturated/α-hetero) is 1. The van der Waals surface area contributed by atoms with Gasteiger partial charge in [0.2, 0.25) is 17.6 Å². The minimum absolute atomic E-state index is 0.126. The molecule has 222 valence electrons. The molecule has 0 aromatic rings. The lowest BCUT2D eigenvalue weighted by Crippen LogP contribution is -2.61. The predicted octanol–water partition coefficient (Wildman–Crippen LogP) is 1.70. The van der Waals surface area contributed by atoms with Crippen LogP contribution in [0.25, 0.3) is 0 Å². The van der Waals surface area contributed by atoms with Gasteiger partial charge in [0.15, 0.2) is 0 Å². The molecule has 1 saturated carbocycles. The molecule has 0 aromatic carbocycles. The molecule has 11 nitrogen and oxygen atoms in total. The highest BCUT2D eigenvalue weighted by Crippen LogP contribution is 2.31. The van der Waals surface area contributed by atoms with Gasteiger partial charge in [-0.2, -0.15) is 0 Å². The van der Waals surface area contributed by atoms with Gasteiger partial charge in [-0.3, -0.25) is 23.9 Å². The van der Waals surface area contributed by atoms with E-state index in [-0.39, 0.29) is 23.8 Å². The van der Waals surface area contributed by atoms with Gasteiger partial charge in [-0.25, -0.2) is 4.79 Å². The predicted molar refractivity (Wildman–Crippen MR) is 152 cm³/mol. The van der Waals surface area contributed by atoms with E-state index < -0.39 is 47.2 Å². The molecular formula is C27H48N6O5S. The summed E-state index contributed by atoms with van der Waals surface area (Å²) < 4.78 is 3.19. The van der Waals surface area contributed by atoms with Gasteiger partial charge in [-0.15, -0.1) is 0 Å². The number of hydrogen-bond donors (Lipinski definition) is 5. The number of amides is 5. The van der Waals surface area contributed by atoms with Gasteiger partial charge >= 0.3 is 6.03 Å². The van der Waals surface area contributed by atoms with Crippen molar-refractivity contribution in [2.45, 2.75) is 104 Å². The summed E-state index contributed by atoms with van der Waals surface area (Å²) in [5.74, 6) is -2.24. The van der Waals surface area contributed by atoms with Gasteiger partial charge in [0.05, 0.1) is 6.04 Å². The van der Waals surface area contributed by atoms with E-state index in [9.17, 15) is 24.0 Å². The molecule has 39 heavy (non-hydrogen) atoms. The fourth-order valence-electron chi connectivity index (χ4n) is 5.04. The molecule has 1 saturated heterocycles. The van der Waals surface area contributed by atoms with Crippen LogP contribution in [-0.2, 0) is 19.2 Å². The van der Waals surface area contributed by atoms with Crippen LogP contribution in [0.5, 0.6) is 0 Å². The summed E-state index contributed by atoms with van der Waals surface area (Å²) in [5, 5.41) is 8.59. The minimum Gasteiger partial charge on any atom is -0.363 e. The first-order valence-electron chi connectivity index (χ1n) is 14.1. The first-order chi connectivity index (χ1) is 18.3. The molecule has 1 heterocycles. The molecule has 0 spiro atoms. The molecule has 0 bridgehead atoms. The zero-order valence-corrected chi connectivity index (χ0v) is 25.1. The van der Waals surface area contributed by atoms with Crippen molar-refractivity contribution in [1.82, 2.24) is 25.6 Å². The van der Waals surface area contributed by atoms with E-state index >= 15 is 0 Å². The second-order valence-electron chi connectivity index (χ2n) is 12.0. The fourth-order valence-corrected chi connectivity index (χ4v) is 5.39. The van der Waals surface area contributed by atoms with Crippen molar-refractivity contribution < 1.29 is 24.0 Å². The van der Waals surface area contributed by atoms with Gasteiger partial charge < -0.3 is 26.6 Å². The first-order valence-corrected chi connectivity index (χ1v) is 15.3. The summed E-state index contributed by atoms with van der Waals surface area (Å²) in [4.78, 5) is 65.7. The van der Waals surface area contributed by atoms with E-state index in [1.54, 1.807) is 0 Å². The number of primary amides is 1. The molecule has 12 heteroatoms. The van der Waals surface area contributed by atoms with Crippen LogP contribution in [-0.4, -0.2) is 77.9 Å². The average molecular weight is 569 g/mol. The van der Waals surface area contributed by atoms with Crippen LogP contribution in [0, 0.1) is 17.3 Å². The quantitative estimate of drug-likeness (QED) is 0.157. The SMILES string of the molecule is CC[C@H](C)C(CNSC)NC(=O)NC(C(=O)N1CCCC1C(=O)NC(CC1CCC1)C(=O)C(N)=O)C(C)(C)C. The van der Waals surface area contributed by atoms with Crippen LogP contribution in [0.15, 0.2) is 0 Å². The van der Waals surface area contributed by atoms with Crippen molar-refractivity contribution in [3.05, 3.63) is 0 Å². The molecule has 5 atom stereocenters. The molecule has 0 radical (unpaired) electrons. The monoisotopic (exact) mass is 568 g/mol. The van der Waals surface area contributed by atoms with Crippen LogP contribution >= 0.6 is 11.9 Å². The Morgan fingerprint density at radius 3 is 2.21 bits per heavy atom. The Labute approximate surface area is 237 Å². The number of rotatable bonds is 14. The molecule has 4 unspecified atom stereocenters. The molecule has 5 amide bonds. The van der Waals surface area contributed by atoms with Crippen LogP contribution in [0.3, 0.4) is 0 Å². The summed E-state index contributed by atoms with van der Waals surface area (Å²) in [6.07, 6.45) is 7.15. The summed E-state index contributed by atoms with van der Waals surface area (Å²) >= 11 is 1.48. The van der Waals surface area contributed by atoms with E-state index in [0.29, 0.717) is 32.4 Å². The Morgan fingerprint density at radius 2 is 1.69 bits per heavy atom. The normalized spacial score (nSPS) is 20.8. The minimum atomic E-state index is -1.08. The third kappa shape index (κ3) is 9.37. The molecular weight excluding hydrogens is 520 g/mol.